The monoisotopic (exact) mass is 319 g/mol. The van der Waals surface area contributed by atoms with Crippen LogP contribution in [0.25, 0.3) is 16.9 Å². The SMILES string of the molecule is Cc1nc2ccccc2n1CCNc1cncc(-n2cccn2)n1. The van der Waals surface area contributed by atoms with Gasteiger partial charge in [0, 0.05) is 25.5 Å². The number of nitrogens with one attached hydrogen (secondary N) is 1. The number of aryl methyl sites for hydroxylation is 1. The first kappa shape index (κ1) is 14.4. The van der Waals surface area contributed by atoms with Gasteiger partial charge >= 0.3 is 0 Å². The molecule has 0 bridgehead atoms. The first-order valence-corrected chi connectivity index (χ1v) is 7.79. The Balaban J connectivity index is 1.47. The zero-order valence-electron chi connectivity index (χ0n) is 13.3. The van der Waals surface area contributed by atoms with E-state index >= 15 is 0 Å². The Morgan fingerprint density at radius 1 is 1.08 bits per heavy atom. The summed E-state index contributed by atoms with van der Waals surface area (Å²) in [6, 6.07) is 10.0. The summed E-state index contributed by atoms with van der Waals surface area (Å²) in [5, 5.41) is 7.48. The van der Waals surface area contributed by atoms with E-state index in [1.54, 1.807) is 23.3 Å². The van der Waals surface area contributed by atoms with Crippen molar-refractivity contribution in [3.63, 3.8) is 0 Å². The second kappa shape index (κ2) is 6.11. The lowest BCUT2D eigenvalue weighted by molar-refractivity contribution is 0.719. The summed E-state index contributed by atoms with van der Waals surface area (Å²) >= 11 is 0. The van der Waals surface area contributed by atoms with E-state index in [0.717, 1.165) is 35.8 Å². The number of nitrogens with zero attached hydrogens (tertiary/aromatic N) is 6. The van der Waals surface area contributed by atoms with E-state index in [4.69, 9.17) is 0 Å². The van der Waals surface area contributed by atoms with Crippen LogP contribution < -0.4 is 5.32 Å². The maximum atomic E-state index is 4.58. The number of para-hydroxylation sites is 2. The standard InChI is InChI=1S/C17H17N7/c1-13-21-14-5-2-3-6-15(14)23(13)10-8-19-16-11-18-12-17(22-16)24-9-4-7-20-24/h2-7,9,11-12H,8,10H2,1H3,(H,19,22). The summed E-state index contributed by atoms with van der Waals surface area (Å²) in [6.45, 7) is 3.57. The number of hydrogen-bond acceptors (Lipinski definition) is 5. The molecule has 3 heterocycles. The Labute approximate surface area is 139 Å². The van der Waals surface area contributed by atoms with Gasteiger partial charge in [0.1, 0.15) is 11.6 Å². The van der Waals surface area contributed by atoms with Crippen molar-refractivity contribution in [2.45, 2.75) is 13.5 Å². The second-order valence-corrected chi connectivity index (χ2v) is 5.44. The fraction of sp³-hybridized carbons (Fsp3) is 0.176. The number of benzene rings is 1. The van der Waals surface area contributed by atoms with Gasteiger partial charge in [0.2, 0.25) is 0 Å². The minimum atomic E-state index is 0.689. The van der Waals surface area contributed by atoms with E-state index in [1.807, 2.05) is 37.4 Å². The highest BCUT2D eigenvalue weighted by atomic mass is 15.3. The quantitative estimate of drug-likeness (QED) is 0.611. The summed E-state index contributed by atoms with van der Waals surface area (Å²) in [6.07, 6.45) is 6.96. The highest BCUT2D eigenvalue weighted by molar-refractivity contribution is 5.75. The van der Waals surface area contributed by atoms with Crippen LogP contribution in [0.4, 0.5) is 5.82 Å². The van der Waals surface area contributed by atoms with Crippen LogP contribution in [0.5, 0.6) is 0 Å². The normalized spacial score (nSPS) is 11.0. The minimum Gasteiger partial charge on any atom is -0.367 e. The molecule has 120 valence electrons. The van der Waals surface area contributed by atoms with Crippen molar-refractivity contribution in [2.24, 2.45) is 0 Å². The van der Waals surface area contributed by atoms with Crippen LogP contribution in [0, 0.1) is 6.92 Å². The molecule has 4 rings (SSSR count). The number of fused-ring (bicyclic) bond motifs is 1. The lowest BCUT2D eigenvalue weighted by Crippen LogP contribution is -2.13. The molecule has 0 aliphatic carbocycles. The highest BCUT2D eigenvalue weighted by Gasteiger charge is 2.06. The Morgan fingerprint density at radius 2 is 2.00 bits per heavy atom. The van der Waals surface area contributed by atoms with Crippen molar-refractivity contribution < 1.29 is 0 Å². The molecule has 0 aliphatic heterocycles. The molecule has 4 aromatic rings. The predicted octanol–water partition coefficient (Wildman–Crippen LogP) is 2.43. The van der Waals surface area contributed by atoms with E-state index in [9.17, 15) is 0 Å². The van der Waals surface area contributed by atoms with Crippen LogP contribution in [-0.2, 0) is 6.54 Å². The fourth-order valence-electron chi connectivity index (χ4n) is 2.73. The number of imidazole rings is 1. The first-order valence-electron chi connectivity index (χ1n) is 7.79. The molecular formula is C17H17N7. The van der Waals surface area contributed by atoms with Crippen LogP contribution in [0.15, 0.2) is 55.1 Å². The largest absolute Gasteiger partial charge is 0.367 e. The molecule has 0 unspecified atom stereocenters. The molecule has 0 aliphatic rings. The van der Waals surface area contributed by atoms with Gasteiger partial charge in [-0.15, -0.1) is 0 Å². The average Bonchev–Trinajstić information content (AvgIpc) is 3.24. The van der Waals surface area contributed by atoms with Crippen LogP contribution >= 0.6 is 0 Å². The number of rotatable bonds is 5. The summed E-state index contributed by atoms with van der Waals surface area (Å²) in [7, 11) is 0. The molecule has 0 atom stereocenters. The van der Waals surface area contributed by atoms with Crippen molar-refractivity contribution in [2.75, 3.05) is 11.9 Å². The van der Waals surface area contributed by atoms with Gasteiger partial charge in [0.25, 0.3) is 0 Å². The Hall–Kier alpha value is -3.22. The lowest BCUT2D eigenvalue weighted by atomic mass is 10.3. The molecule has 24 heavy (non-hydrogen) atoms. The summed E-state index contributed by atoms with van der Waals surface area (Å²) in [5.41, 5.74) is 2.17. The third kappa shape index (κ3) is 2.71. The molecule has 0 radical (unpaired) electrons. The van der Waals surface area contributed by atoms with E-state index < -0.39 is 0 Å². The third-order valence-corrected chi connectivity index (χ3v) is 3.85. The Morgan fingerprint density at radius 3 is 2.88 bits per heavy atom. The van der Waals surface area contributed by atoms with E-state index in [1.165, 1.54) is 0 Å². The van der Waals surface area contributed by atoms with Gasteiger partial charge < -0.3 is 9.88 Å². The van der Waals surface area contributed by atoms with Gasteiger partial charge in [-0.2, -0.15) is 5.10 Å². The summed E-state index contributed by atoms with van der Waals surface area (Å²) < 4.78 is 3.89. The summed E-state index contributed by atoms with van der Waals surface area (Å²) in [5.74, 6) is 2.42. The molecule has 7 heteroatoms. The van der Waals surface area contributed by atoms with Gasteiger partial charge in [-0.1, -0.05) is 12.1 Å². The van der Waals surface area contributed by atoms with Gasteiger partial charge in [-0.25, -0.2) is 14.6 Å². The van der Waals surface area contributed by atoms with E-state index in [0.29, 0.717) is 5.82 Å². The Kier molecular flexibility index (Phi) is 3.66. The van der Waals surface area contributed by atoms with Crippen molar-refractivity contribution in [1.82, 2.24) is 29.3 Å². The Bertz CT molecular complexity index is 956. The maximum Gasteiger partial charge on any atom is 0.173 e. The molecule has 0 spiro atoms. The minimum absolute atomic E-state index is 0.689. The van der Waals surface area contributed by atoms with Crippen molar-refractivity contribution in [3.8, 4) is 5.82 Å². The molecule has 1 aromatic carbocycles. The molecule has 0 fully saturated rings. The zero-order valence-corrected chi connectivity index (χ0v) is 13.3. The highest BCUT2D eigenvalue weighted by Crippen LogP contribution is 2.15. The molecule has 1 N–H and O–H groups in total. The molecular weight excluding hydrogens is 302 g/mol. The topological polar surface area (TPSA) is 73.5 Å². The number of aromatic nitrogens is 6. The van der Waals surface area contributed by atoms with Crippen LogP contribution in [-0.4, -0.2) is 35.8 Å². The fourth-order valence-corrected chi connectivity index (χ4v) is 2.73. The van der Waals surface area contributed by atoms with Crippen LogP contribution in [0.1, 0.15) is 5.82 Å². The molecule has 7 nitrogen and oxygen atoms in total. The molecule has 0 amide bonds. The zero-order chi connectivity index (χ0) is 16.4. The maximum absolute atomic E-state index is 4.58. The van der Waals surface area contributed by atoms with E-state index in [2.05, 4.69) is 36.0 Å². The third-order valence-electron chi connectivity index (χ3n) is 3.85. The van der Waals surface area contributed by atoms with Gasteiger partial charge in [-0.3, -0.25) is 4.98 Å². The first-order chi connectivity index (χ1) is 11.8. The predicted molar refractivity (Wildman–Crippen MR) is 92.1 cm³/mol. The van der Waals surface area contributed by atoms with Crippen molar-refractivity contribution in [3.05, 3.63) is 60.9 Å². The number of hydrogen-bond donors (Lipinski definition) is 1. The molecule has 0 saturated heterocycles. The molecule has 0 saturated carbocycles. The number of anilines is 1. The van der Waals surface area contributed by atoms with Crippen molar-refractivity contribution in [1.29, 1.82) is 0 Å². The van der Waals surface area contributed by atoms with E-state index in [-0.39, 0.29) is 0 Å². The second-order valence-electron chi connectivity index (χ2n) is 5.44. The van der Waals surface area contributed by atoms with Crippen molar-refractivity contribution >= 4 is 16.9 Å². The summed E-state index contributed by atoms with van der Waals surface area (Å²) in [4.78, 5) is 13.3. The lowest BCUT2D eigenvalue weighted by Gasteiger charge is -2.09. The smallest absolute Gasteiger partial charge is 0.173 e. The van der Waals surface area contributed by atoms with Gasteiger partial charge in [0.15, 0.2) is 5.82 Å². The van der Waals surface area contributed by atoms with Crippen LogP contribution in [0.3, 0.4) is 0 Å². The van der Waals surface area contributed by atoms with Crippen LogP contribution in [0.2, 0.25) is 0 Å². The molecule has 3 aromatic heterocycles. The van der Waals surface area contributed by atoms with Gasteiger partial charge in [0.05, 0.1) is 23.4 Å². The van der Waals surface area contributed by atoms with Gasteiger partial charge in [-0.05, 0) is 25.1 Å². The average molecular weight is 319 g/mol.